The monoisotopic (exact) mass is 719 g/mol. The molecule has 0 bridgehead atoms. The van der Waals surface area contributed by atoms with Crippen LogP contribution in [0.4, 0.5) is 11.4 Å². The second-order valence-corrected chi connectivity index (χ2v) is 13.4. The number of tetrazole rings is 1. The number of aryl methyl sites for hydroxylation is 1. The molecule has 3 atom stereocenters. The quantitative estimate of drug-likeness (QED) is 0.179. The van der Waals surface area contributed by atoms with Crippen LogP contribution in [0.5, 0.6) is 5.75 Å². The number of ether oxygens (including phenoxy) is 3. The van der Waals surface area contributed by atoms with E-state index in [0.29, 0.717) is 28.0 Å². The van der Waals surface area contributed by atoms with Crippen molar-refractivity contribution in [3.63, 3.8) is 0 Å². The smallest absolute Gasteiger partial charge is 0.350 e. The van der Waals surface area contributed by atoms with E-state index in [1.54, 1.807) is 33.8 Å². The zero-order valence-corrected chi connectivity index (χ0v) is 29.7. The molecule has 2 aromatic heterocycles. The fourth-order valence-electron chi connectivity index (χ4n) is 6.31. The van der Waals surface area contributed by atoms with Crippen molar-refractivity contribution < 1.29 is 14.2 Å². The van der Waals surface area contributed by atoms with Gasteiger partial charge in [0, 0.05) is 48.1 Å². The SMILES string of the molecule is CCC(C)n1ncn(-c2ccc(N3CCN(c4ccc(OC[C@@H]5CO[C@@](Cn6nnnc6C)(c6ccc(Cl)cc6Cl)O5)cc4)CC3)cc2)c1=O. The van der Waals surface area contributed by atoms with Gasteiger partial charge >= 0.3 is 5.69 Å². The Morgan fingerprint density at radius 3 is 2.24 bits per heavy atom. The molecule has 13 nitrogen and oxygen atoms in total. The summed E-state index contributed by atoms with van der Waals surface area (Å²) in [5.74, 6) is 0.154. The molecule has 0 radical (unpaired) electrons. The molecule has 0 aliphatic carbocycles. The van der Waals surface area contributed by atoms with Gasteiger partial charge in [-0.3, -0.25) is 0 Å². The Morgan fingerprint density at radius 1 is 0.960 bits per heavy atom. The summed E-state index contributed by atoms with van der Waals surface area (Å²) in [7, 11) is 0. The van der Waals surface area contributed by atoms with Crippen LogP contribution in [-0.4, -0.2) is 80.1 Å². The van der Waals surface area contributed by atoms with E-state index in [4.69, 9.17) is 37.4 Å². The molecule has 15 heteroatoms. The highest BCUT2D eigenvalue weighted by Crippen LogP contribution is 2.40. The fourth-order valence-corrected chi connectivity index (χ4v) is 6.86. The molecule has 0 amide bonds. The maximum absolute atomic E-state index is 12.8. The highest BCUT2D eigenvalue weighted by Gasteiger charge is 2.46. The zero-order valence-electron chi connectivity index (χ0n) is 28.2. The van der Waals surface area contributed by atoms with Crippen molar-refractivity contribution in [3.05, 3.63) is 105 Å². The summed E-state index contributed by atoms with van der Waals surface area (Å²) >= 11 is 12.8. The number of benzene rings is 3. The molecule has 4 heterocycles. The molecule has 7 rings (SSSR count). The number of piperazine rings is 1. The number of hydrogen-bond donors (Lipinski definition) is 0. The van der Waals surface area contributed by atoms with E-state index < -0.39 is 5.79 Å². The van der Waals surface area contributed by atoms with Crippen LogP contribution < -0.4 is 20.2 Å². The van der Waals surface area contributed by atoms with Gasteiger partial charge in [0.1, 0.15) is 37.2 Å². The summed E-state index contributed by atoms with van der Waals surface area (Å²) in [6.45, 7) is 10.2. The highest BCUT2D eigenvalue weighted by atomic mass is 35.5. The lowest BCUT2D eigenvalue weighted by atomic mass is 10.1. The summed E-state index contributed by atoms with van der Waals surface area (Å²) in [6, 6.07) is 21.5. The third-order valence-corrected chi connectivity index (χ3v) is 9.93. The zero-order chi connectivity index (χ0) is 34.8. The topological polar surface area (TPSA) is 118 Å². The Labute approximate surface area is 299 Å². The Morgan fingerprint density at radius 2 is 1.62 bits per heavy atom. The molecule has 50 heavy (non-hydrogen) atoms. The number of nitrogens with zero attached hydrogens (tertiary/aromatic N) is 9. The Kier molecular flexibility index (Phi) is 9.82. The summed E-state index contributed by atoms with van der Waals surface area (Å²) in [4.78, 5) is 17.5. The molecule has 2 fully saturated rings. The Hall–Kier alpha value is -4.43. The third-order valence-electron chi connectivity index (χ3n) is 9.38. The molecular formula is C35H39Cl2N9O4. The van der Waals surface area contributed by atoms with E-state index in [2.05, 4.69) is 54.7 Å². The van der Waals surface area contributed by atoms with Crippen molar-refractivity contribution in [1.82, 2.24) is 34.6 Å². The van der Waals surface area contributed by atoms with E-state index in [1.165, 1.54) is 4.68 Å². The van der Waals surface area contributed by atoms with Gasteiger partial charge in [0.15, 0.2) is 0 Å². The summed E-state index contributed by atoms with van der Waals surface area (Å²) in [5, 5.41) is 17.1. The molecule has 2 aliphatic heterocycles. The van der Waals surface area contributed by atoms with Crippen LogP contribution in [0.1, 0.15) is 37.7 Å². The Bertz CT molecular complexity index is 1970. The van der Waals surface area contributed by atoms with Crippen molar-refractivity contribution in [2.24, 2.45) is 0 Å². The normalized spacial score (nSPS) is 20.0. The number of anilines is 2. The van der Waals surface area contributed by atoms with Crippen LogP contribution in [-0.2, 0) is 21.8 Å². The predicted octanol–water partition coefficient (Wildman–Crippen LogP) is 5.28. The van der Waals surface area contributed by atoms with Crippen LogP contribution >= 0.6 is 23.2 Å². The van der Waals surface area contributed by atoms with Crippen LogP contribution in [0.3, 0.4) is 0 Å². The summed E-state index contributed by atoms with van der Waals surface area (Å²) in [5.41, 5.74) is 3.61. The predicted molar refractivity (Wildman–Crippen MR) is 191 cm³/mol. The van der Waals surface area contributed by atoms with E-state index in [9.17, 15) is 4.79 Å². The number of halogens is 2. The van der Waals surface area contributed by atoms with Gasteiger partial charge in [-0.2, -0.15) is 5.10 Å². The summed E-state index contributed by atoms with van der Waals surface area (Å²) < 4.78 is 23.7. The average molecular weight is 721 g/mol. The van der Waals surface area contributed by atoms with Crippen molar-refractivity contribution >= 4 is 34.6 Å². The second kappa shape index (κ2) is 14.4. The molecule has 1 unspecified atom stereocenters. The third kappa shape index (κ3) is 6.95. The molecular weight excluding hydrogens is 681 g/mol. The first-order valence-electron chi connectivity index (χ1n) is 16.7. The minimum atomic E-state index is -1.21. The number of aromatic nitrogens is 7. The summed E-state index contributed by atoms with van der Waals surface area (Å²) in [6.07, 6.45) is 2.09. The average Bonchev–Trinajstić information content (AvgIpc) is 3.86. The van der Waals surface area contributed by atoms with Gasteiger partial charge in [-0.15, -0.1) is 5.10 Å². The lowest BCUT2D eigenvalue weighted by molar-refractivity contribution is -0.191. The molecule has 2 aliphatic rings. The molecule has 0 saturated carbocycles. The highest BCUT2D eigenvalue weighted by molar-refractivity contribution is 6.35. The van der Waals surface area contributed by atoms with Crippen LogP contribution in [0.25, 0.3) is 5.69 Å². The largest absolute Gasteiger partial charge is 0.491 e. The van der Waals surface area contributed by atoms with Gasteiger partial charge in [0.2, 0.25) is 5.79 Å². The second-order valence-electron chi connectivity index (χ2n) is 12.6. The van der Waals surface area contributed by atoms with Crippen molar-refractivity contribution in [1.29, 1.82) is 0 Å². The van der Waals surface area contributed by atoms with Crippen molar-refractivity contribution in [3.8, 4) is 11.4 Å². The number of hydrogen-bond acceptors (Lipinski definition) is 10. The standard InChI is InChI=1S/C35H39Cl2N9O4/c1-4-24(2)46-34(47)44(23-38-46)29-8-6-27(7-9-29)42-15-17-43(18-16-42)28-10-12-30(13-11-28)48-20-31-21-49-35(50-31,22-45-25(3)39-40-41-45)32-14-5-26(36)19-33(32)37/h5-14,19,23-24,31H,4,15-18,20-22H2,1-3H3/t24?,31-,35-/m1/s1. The molecule has 5 aromatic rings. The van der Waals surface area contributed by atoms with Gasteiger partial charge in [0.25, 0.3) is 0 Å². The van der Waals surface area contributed by atoms with E-state index in [1.807, 2.05) is 45.0 Å². The van der Waals surface area contributed by atoms with Crippen LogP contribution in [0, 0.1) is 6.92 Å². The van der Waals surface area contributed by atoms with Gasteiger partial charge < -0.3 is 24.0 Å². The first-order valence-corrected chi connectivity index (χ1v) is 17.5. The van der Waals surface area contributed by atoms with Crippen LogP contribution in [0.15, 0.2) is 77.9 Å². The van der Waals surface area contributed by atoms with Gasteiger partial charge in [-0.05, 0) is 91.4 Å². The lowest BCUT2D eigenvalue weighted by Gasteiger charge is -2.37. The fraction of sp³-hybridized carbons (Fsp3) is 0.400. The van der Waals surface area contributed by atoms with E-state index in [-0.39, 0.29) is 31.0 Å². The lowest BCUT2D eigenvalue weighted by Crippen LogP contribution is -2.46. The molecule has 2 saturated heterocycles. The first kappa shape index (κ1) is 34.0. The number of rotatable bonds is 11. The first-order chi connectivity index (χ1) is 24.2. The molecule has 0 N–H and O–H groups in total. The minimum absolute atomic E-state index is 0.0624. The van der Waals surface area contributed by atoms with Gasteiger partial charge in [-0.25, -0.2) is 18.7 Å². The van der Waals surface area contributed by atoms with Crippen molar-refractivity contribution in [2.75, 3.05) is 49.2 Å². The van der Waals surface area contributed by atoms with Crippen molar-refractivity contribution in [2.45, 2.75) is 51.7 Å². The van der Waals surface area contributed by atoms with Gasteiger partial charge in [-0.1, -0.05) is 36.2 Å². The maximum atomic E-state index is 12.8. The Balaban J connectivity index is 0.932. The van der Waals surface area contributed by atoms with Crippen LogP contribution in [0.2, 0.25) is 10.0 Å². The molecule has 0 spiro atoms. The van der Waals surface area contributed by atoms with Gasteiger partial charge in [0.05, 0.1) is 23.4 Å². The van der Waals surface area contributed by atoms with E-state index in [0.717, 1.165) is 55.4 Å². The maximum Gasteiger partial charge on any atom is 0.350 e. The molecule has 3 aromatic carbocycles. The minimum Gasteiger partial charge on any atom is -0.491 e. The molecule has 262 valence electrons. The van der Waals surface area contributed by atoms with E-state index >= 15 is 0 Å².